The quantitative estimate of drug-likeness (QED) is 0.571. The monoisotopic (exact) mass is 359 g/mol. The van der Waals surface area contributed by atoms with Crippen LogP contribution in [0.4, 0.5) is 0 Å². The van der Waals surface area contributed by atoms with Gasteiger partial charge in [0.05, 0.1) is 0 Å². The first kappa shape index (κ1) is 17.5. The summed E-state index contributed by atoms with van der Waals surface area (Å²) in [7, 11) is 2.12. The molecule has 1 unspecified atom stereocenters. The Morgan fingerprint density at radius 1 is 1.19 bits per heavy atom. The molecule has 6 nitrogen and oxygen atoms in total. The van der Waals surface area contributed by atoms with Gasteiger partial charge >= 0.3 is 11.9 Å². The second kappa shape index (κ2) is 7.00. The van der Waals surface area contributed by atoms with Gasteiger partial charge in [0.1, 0.15) is 30.8 Å². The lowest BCUT2D eigenvalue weighted by Crippen LogP contribution is -2.48. The third-order valence-electron chi connectivity index (χ3n) is 5.84. The molecule has 140 valence electrons. The number of hydrogen-bond donors (Lipinski definition) is 0. The van der Waals surface area contributed by atoms with Gasteiger partial charge in [-0.2, -0.15) is 0 Å². The van der Waals surface area contributed by atoms with E-state index >= 15 is 0 Å². The third-order valence-corrected chi connectivity index (χ3v) is 5.84. The van der Waals surface area contributed by atoms with Crippen molar-refractivity contribution >= 4 is 11.9 Å². The molecule has 6 heteroatoms. The highest BCUT2D eigenvalue weighted by Gasteiger charge is 2.62. The zero-order valence-electron chi connectivity index (χ0n) is 15.2. The van der Waals surface area contributed by atoms with Crippen molar-refractivity contribution in [3.63, 3.8) is 0 Å². The smallest absolute Gasteiger partial charge is 0.317 e. The van der Waals surface area contributed by atoms with Crippen LogP contribution in [0.3, 0.4) is 0 Å². The molecule has 1 aromatic rings. The van der Waals surface area contributed by atoms with Gasteiger partial charge in [0.25, 0.3) is 0 Å². The summed E-state index contributed by atoms with van der Waals surface area (Å²) in [6.45, 7) is 1.75. The summed E-state index contributed by atoms with van der Waals surface area (Å²) in [5.74, 6) is -1.22. The fraction of sp³-hybridized carbons (Fsp3) is 0.600. The molecule has 3 aliphatic heterocycles. The molecule has 1 aromatic carbocycles. The van der Waals surface area contributed by atoms with Gasteiger partial charge in [0.2, 0.25) is 0 Å². The van der Waals surface area contributed by atoms with Crippen LogP contribution in [0, 0.1) is 0 Å². The molecule has 3 fully saturated rings. The number of esters is 2. The fourth-order valence-corrected chi connectivity index (χ4v) is 4.31. The number of likely N-dealkylation sites (N-methyl/N-ethyl adjacent to an activating group) is 1. The Morgan fingerprint density at radius 3 is 2.46 bits per heavy atom. The number of epoxide rings is 1. The van der Waals surface area contributed by atoms with Crippen molar-refractivity contribution in [2.75, 3.05) is 13.7 Å². The second-order valence-electron chi connectivity index (χ2n) is 7.40. The SMILES string of the molecule is CCC(=O)OC[C@@H](C(=O)OC1C[C@@H]2[C@@H]3O[C@H]3[C@H](C1)N2C)c1ccccc1. The van der Waals surface area contributed by atoms with Crippen LogP contribution in [0.15, 0.2) is 30.3 Å². The van der Waals surface area contributed by atoms with Crippen molar-refractivity contribution in [2.24, 2.45) is 0 Å². The number of fused-ring (bicyclic) bond motifs is 5. The van der Waals surface area contributed by atoms with Gasteiger partial charge in [-0.1, -0.05) is 37.3 Å². The van der Waals surface area contributed by atoms with Crippen molar-refractivity contribution in [1.29, 1.82) is 0 Å². The number of piperidine rings is 1. The van der Waals surface area contributed by atoms with Crippen LogP contribution >= 0.6 is 0 Å². The molecule has 6 atom stereocenters. The highest BCUT2D eigenvalue weighted by Crippen LogP contribution is 2.48. The molecule has 0 radical (unpaired) electrons. The maximum atomic E-state index is 12.9. The van der Waals surface area contributed by atoms with Crippen molar-refractivity contribution in [1.82, 2.24) is 4.90 Å². The Morgan fingerprint density at radius 2 is 1.85 bits per heavy atom. The molecule has 3 aliphatic rings. The van der Waals surface area contributed by atoms with Crippen LogP contribution in [-0.4, -0.2) is 60.9 Å². The predicted octanol–water partition coefficient (Wildman–Crippen LogP) is 1.88. The summed E-state index contributed by atoms with van der Waals surface area (Å²) >= 11 is 0. The van der Waals surface area contributed by atoms with Crippen LogP contribution in [0.25, 0.3) is 0 Å². The summed E-state index contributed by atoms with van der Waals surface area (Å²) in [6.07, 6.45) is 2.41. The molecule has 26 heavy (non-hydrogen) atoms. The molecule has 0 aromatic heterocycles. The highest BCUT2D eigenvalue weighted by atomic mass is 16.6. The molecule has 0 N–H and O–H groups in total. The summed E-state index contributed by atoms with van der Waals surface area (Å²) in [4.78, 5) is 26.8. The van der Waals surface area contributed by atoms with E-state index in [0.717, 1.165) is 18.4 Å². The number of ether oxygens (including phenoxy) is 3. The standard InChI is InChI=1S/C20H25NO5/c1-3-17(22)24-11-14(12-7-5-4-6-8-12)20(23)25-13-9-15-18-19(26-18)16(10-13)21(15)2/h4-8,13-16,18-19H,3,9-11H2,1-2H3/t13?,14-,15-,16+,18+,19+/m1/s1. The molecular formula is C20H25NO5. The van der Waals surface area contributed by atoms with Gasteiger partial charge in [-0.15, -0.1) is 0 Å². The van der Waals surface area contributed by atoms with Crippen LogP contribution in [-0.2, 0) is 23.8 Å². The van der Waals surface area contributed by atoms with Gasteiger partial charge in [0.15, 0.2) is 0 Å². The average Bonchev–Trinajstić information content (AvgIpc) is 3.41. The molecule has 4 rings (SSSR count). The second-order valence-corrected chi connectivity index (χ2v) is 7.40. The molecule has 0 aliphatic carbocycles. The van der Waals surface area contributed by atoms with Crippen LogP contribution in [0.1, 0.15) is 37.7 Å². The molecule has 0 spiro atoms. The highest BCUT2D eigenvalue weighted by molar-refractivity contribution is 5.79. The fourth-order valence-electron chi connectivity index (χ4n) is 4.31. The Hall–Kier alpha value is -1.92. The molecular weight excluding hydrogens is 334 g/mol. The Bertz CT molecular complexity index is 660. The molecule has 3 saturated heterocycles. The van der Waals surface area contributed by atoms with Crippen LogP contribution < -0.4 is 0 Å². The topological polar surface area (TPSA) is 68.4 Å². The number of carbonyl (C=O) groups is 2. The molecule has 0 saturated carbocycles. The summed E-state index contributed by atoms with van der Waals surface area (Å²) in [6, 6.07) is 10.1. The lowest BCUT2D eigenvalue weighted by molar-refractivity contribution is -0.159. The first-order chi connectivity index (χ1) is 12.6. The van der Waals surface area contributed by atoms with E-state index in [9.17, 15) is 9.59 Å². The van der Waals surface area contributed by atoms with E-state index in [1.807, 2.05) is 30.3 Å². The van der Waals surface area contributed by atoms with Gasteiger partial charge in [-0.25, -0.2) is 0 Å². The lowest BCUT2D eigenvalue weighted by atomic mass is 9.97. The third kappa shape index (κ3) is 3.23. The van der Waals surface area contributed by atoms with E-state index in [2.05, 4.69) is 11.9 Å². The maximum absolute atomic E-state index is 12.9. The lowest BCUT2D eigenvalue weighted by Gasteiger charge is -2.38. The average molecular weight is 359 g/mol. The van der Waals surface area contributed by atoms with Crippen molar-refractivity contribution < 1.29 is 23.8 Å². The van der Waals surface area contributed by atoms with Crippen molar-refractivity contribution in [3.8, 4) is 0 Å². The van der Waals surface area contributed by atoms with Crippen LogP contribution in [0.2, 0.25) is 0 Å². The first-order valence-electron chi connectivity index (χ1n) is 9.37. The summed E-state index contributed by atoms with van der Waals surface area (Å²) in [5, 5.41) is 0. The molecule has 0 amide bonds. The van der Waals surface area contributed by atoms with Gasteiger partial charge in [-0.05, 0) is 12.6 Å². The van der Waals surface area contributed by atoms with E-state index < -0.39 is 5.92 Å². The van der Waals surface area contributed by atoms with E-state index in [4.69, 9.17) is 14.2 Å². The van der Waals surface area contributed by atoms with Gasteiger partial charge in [0, 0.05) is 31.3 Å². The Labute approximate surface area is 153 Å². The number of carbonyl (C=O) groups excluding carboxylic acids is 2. The van der Waals surface area contributed by atoms with Crippen molar-refractivity contribution in [2.45, 2.75) is 62.5 Å². The first-order valence-corrected chi connectivity index (χ1v) is 9.37. The zero-order chi connectivity index (χ0) is 18.3. The predicted molar refractivity (Wildman–Crippen MR) is 93.5 cm³/mol. The minimum atomic E-state index is -0.588. The molecule has 3 heterocycles. The number of hydrogen-bond acceptors (Lipinski definition) is 6. The largest absolute Gasteiger partial charge is 0.464 e. The minimum Gasteiger partial charge on any atom is -0.464 e. The Kier molecular flexibility index (Phi) is 4.71. The van der Waals surface area contributed by atoms with E-state index in [0.29, 0.717) is 24.3 Å². The summed E-state index contributed by atoms with van der Waals surface area (Å²) in [5.41, 5.74) is 0.809. The summed E-state index contributed by atoms with van der Waals surface area (Å²) < 4.78 is 16.8. The number of morpholine rings is 1. The maximum Gasteiger partial charge on any atom is 0.317 e. The van der Waals surface area contributed by atoms with E-state index in [1.54, 1.807) is 6.92 Å². The van der Waals surface area contributed by atoms with E-state index in [1.165, 1.54) is 0 Å². The normalized spacial score (nSPS) is 33.2. The van der Waals surface area contributed by atoms with Crippen LogP contribution in [0.5, 0.6) is 0 Å². The van der Waals surface area contributed by atoms with E-state index in [-0.39, 0.29) is 31.1 Å². The zero-order valence-corrected chi connectivity index (χ0v) is 15.2. The number of rotatable bonds is 6. The minimum absolute atomic E-state index is 0.0172. The Balaban J connectivity index is 1.42. The number of nitrogens with zero attached hydrogens (tertiary/aromatic N) is 1. The van der Waals surface area contributed by atoms with Crippen molar-refractivity contribution in [3.05, 3.63) is 35.9 Å². The van der Waals surface area contributed by atoms with Gasteiger partial charge in [-0.3, -0.25) is 14.5 Å². The van der Waals surface area contributed by atoms with Gasteiger partial charge < -0.3 is 14.2 Å². The molecule has 2 bridgehead atoms. The number of benzene rings is 1.